The van der Waals surface area contributed by atoms with Crippen LogP contribution in [0.3, 0.4) is 0 Å². The molecule has 1 aromatic carbocycles. The minimum Gasteiger partial charge on any atom is -0.505 e. The van der Waals surface area contributed by atoms with Crippen molar-refractivity contribution in [3.8, 4) is 5.75 Å². The first kappa shape index (κ1) is 30.0. The van der Waals surface area contributed by atoms with Crippen LogP contribution in [0.15, 0.2) is 24.8 Å². The highest BCUT2D eigenvalue weighted by Crippen LogP contribution is 2.55. The molecule has 6 nitrogen and oxygen atoms in total. The van der Waals surface area contributed by atoms with Crippen LogP contribution in [0.4, 0.5) is 5.69 Å². The first-order valence-corrected chi connectivity index (χ1v) is 14.1. The number of nitrogens with one attached hydrogen (secondary N) is 2. The van der Waals surface area contributed by atoms with Crippen molar-refractivity contribution in [2.45, 2.75) is 117 Å². The van der Waals surface area contributed by atoms with E-state index in [4.69, 9.17) is 0 Å². The molecular formula is C32H51N3O3. The van der Waals surface area contributed by atoms with Gasteiger partial charge in [-0.25, -0.2) is 0 Å². The van der Waals surface area contributed by atoms with Gasteiger partial charge in [-0.1, -0.05) is 53.7 Å². The molecule has 3 N–H and O–H groups in total. The third kappa shape index (κ3) is 5.60. The fourth-order valence-corrected chi connectivity index (χ4v) is 6.70. The number of nitrogens with zero attached hydrogens (tertiary/aromatic N) is 1. The molecule has 5 atom stereocenters. The number of hydrogen-bond donors (Lipinski definition) is 3. The van der Waals surface area contributed by atoms with Crippen LogP contribution in [0.2, 0.25) is 0 Å². The largest absolute Gasteiger partial charge is 0.505 e. The molecule has 2 unspecified atom stereocenters. The minimum atomic E-state index is -0.991. The molecule has 2 amide bonds. The molecule has 1 saturated heterocycles. The van der Waals surface area contributed by atoms with Gasteiger partial charge in [0.1, 0.15) is 11.3 Å². The second kappa shape index (κ2) is 9.91. The summed E-state index contributed by atoms with van der Waals surface area (Å²) in [4.78, 5) is 28.6. The smallest absolute Gasteiger partial charge is 0.246 e. The van der Waals surface area contributed by atoms with Crippen molar-refractivity contribution < 1.29 is 14.7 Å². The first-order valence-electron chi connectivity index (χ1n) is 14.1. The number of hydrogen-bond acceptors (Lipinski definition) is 4. The van der Waals surface area contributed by atoms with Crippen molar-refractivity contribution in [1.82, 2.24) is 10.6 Å². The molecular weight excluding hydrogens is 474 g/mol. The predicted octanol–water partition coefficient (Wildman–Crippen LogP) is 5.81. The molecule has 0 bridgehead atoms. The molecule has 1 saturated carbocycles. The lowest BCUT2D eigenvalue weighted by atomic mass is 9.78. The number of benzene rings is 1. The average Bonchev–Trinajstić information content (AvgIpc) is 3.19. The molecule has 6 heteroatoms. The lowest BCUT2D eigenvalue weighted by molar-refractivity contribution is -0.136. The van der Waals surface area contributed by atoms with E-state index in [1.807, 2.05) is 26.8 Å². The van der Waals surface area contributed by atoms with Gasteiger partial charge >= 0.3 is 0 Å². The lowest BCUT2D eigenvalue weighted by Gasteiger charge is -2.40. The molecule has 0 radical (unpaired) electrons. The highest BCUT2D eigenvalue weighted by molar-refractivity contribution is 5.92. The Kier molecular flexibility index (Phi) is 7.84. The number of aromatic hydroxyl groups is 1. The fourth-order valence-electron chi connectivity index (χ4n) is 6.70. The number of rotatable bonds is 5. The van der Waals surface area contributed by atoms with Gasteiger partial charge in [-0.2, -0.15) is 0 Å². The van der Waals surface area contributed by atoms with E-state index in [1.165, 1.54) is 12.5 Å². The highest BCUT2D eigenvalue weighted by atomic mass is 16.3. The molecule has 3 rings (SSSR count). The summed E-state index contributed by atoms with van der Waals surface area (Å²) in [6.45, 7) is 27.3. The quantitative estimate of drug-likeness (QED) is 0.424. The molecule has 38 heavy (non-hydrogen) atoms. The Morgan fingerprint density at radius 2 is 1.68 bits per heavy atom. The van der Waals surface area contributed by atoms with Gasteiger partial charge < -0.3 is 20.6 Å². The molecule has 0 spiro atoms. The SMILES string of the molecule is C=CC[C@H]1[C@@H]2CN(c3cc(C(C)(C)C)cc(C(C)(C)C)c3O)C(C)[C@@H]2CC1(NC(C)=O)C(=O)NC(C)(C)C. The zero-order valence-corrected chi connectivity index (χ0v) is 25.6. The summed E-state index contributed by atoms with van der Waals surface area (Å²) in [6, 6.07) is 4.39. The zero-order valence-electron chi connectivity index (χ0n) is 25.6. The third-order valence-electron chi connectivity index (χ3n) is 8.56. The fraction of sp³-hybridized carbons (Fsp3) is 0.688. The van der Waals surface area contributed by atoms with Crippen LogP contribution in [0.25, 0.3) is 0 Å². The maximum absolute atomic E-state index is 13.8. The Balaban J connectivity index is 2.10. The normalized spacial score (nSPS) is 27.7. The summed E-state index contributed by atoms with van der Waals surface area (Å²) in [6.07, 6.45) is 3.05. The van der Waals surface area contributed by atoms with E-state index in [0.717, 1.165) is 11.3 Å². The van der Waals surface area contributed by atoms with Crippen molar-refractivity contribution >= 4 is 17.5 Å². The van der Waals surface area contributed by atoms with Gasteiger partial charge in [-0.15, -0.1) is 6.58 Å². The van der Waals surface area contributed by atoms with Gasteiger partial charge in [0.05, 0.1) is 5.69 Å². The third-order valence-corrected chi connectivity index (χ3v) is 8.56. The molecule has 2 fully saturated rings. The number of phenols is 1. The summed E-state index contributed by atoms with van der Waals surface area (Å²) in [5.74, 6) is 0.269. The molecule has 2 aliphatic rings. The first-order chi connectivity index (χ1) is 17.2. The Labute approximate surface area is 230 Å². The minimum absolute atomic E-state index is 0.0712. The Bertz CT molecular complexity index is 1090. The van der Waals surface area contributed by atoms with Crippen LogP contribution in [0, 0.1) is 17.8 Å². The van der Waals surface area contributed by atoms with Crippen molar-refractivity contribution in [3.63, 3.8) is 0 Å². The highest BCUT2D eigenvalue weighted by Gasteiger charge is 2.62. The summed E-state index contributed by atoms with van der Waals surface area (Å²) < 4.78 is 0. The van der Waals surface area contributed by atoms with Crippen molar-refractivity contribution in [3.05, 3.63) is 35.9 Å². The second-order valence-electron chi connectivity index (χ2n) is 14.8. The van der Waals surface area contributed by atoms with Crippen LogP contribution < -0.4 is 15.5 Å². The van der Waals surface area contributed by atoms with Gasteiger partial charge in [0, 0.05) is 30.6 Å². The van der Waals surface area contributed by atoms with E-state index in [9.17, 15) is 14.7 Å². The van der Waals surface area contributed by atoms with Crippen molar-refractivity contribution in [2.24, 2.45) is 17.8 Å². The van der Waals surface area contributed by atoms with Gasteiger partial charge in [0.25, 0.3) is 0 Å². The van der Waals surface area contributed by atoms with Crippen molar-refractivity contribution in [2.75, 3.05) is 11.4 Å². The molecule has 1 aliphatic heterocycles. The maximum atomic E-state index is 13.8. The van der Waals surface area contributed by atoms with Crippen LogP contribution >= 0.6 is 0 Å². The van der Waals surface area contributed by atoms with E-state index in [-0.39, 0.29) is 46.4 Å². The van der Waals surface area contributed by atoms with Gasteiger partial charge in [-0.3, -0.25) is 9.59 Å². The Morgan fingerprint density at radius 3 is 2.16 bits per heavy atom. The van der Waals surface area contributed by atoms with Gasteiger partial charge in [-0.05, 0) is 80.8 Å². The van der Waals surface area contributed by atoms with Crippen LogP contribution in [0.1, 0.15) is 100 Å². The molecule has 0 aromatic heterocycles. The molecule has 1 aliphatic carbocycles. The Hall–Kier alpha value is -2.50. The number of anilines is 1. The van der Waals surface area contributed by atoms with E-state index in [1.54, 1.807) is 0 Å². The predicted molar refractivity (Wildman–Crippen MR) is 157 cm³/mol. The van der Waals surface area contributed by atoms with Crippen molar-refractivity contribution in [1.29, 1.82) is 0 Å². The van der Waals surface area contributed by atoms with E-state index in [2.05, 4.69) is 82.7 Å². The summed E-state index contributed by atoms with van der Waals surface area (Å²) in [7, 11) is 0. The summed E-state index contributed by atoms with van der Waals surface area (Å²) in [5, 5.41) is 17.9. The topological polar surface area (TPSA) is 81.7 Å². The van der Waals surface area contributed by atoms with Gasteiger partial charge in [0.2, 0.25) is 11.8 Å². The van der Waals surface area contributed by atoms with E-state index in [0.29, 0.717) is 25.1 Å². The average molecular weight is 526 g/mol. The number of allylic oxidation sites excluding steroid dienone is 1. The Morgan fingerprint density at radius 1 is 1.08 bits per heavy atom. The summed E-state index contributed by atoms with van der Waals surface area (Å²) >= 11 is 0. The molecule has 1 heterocycles. The number of phenolic OH excluding ortho intramolecular Hbond substituents is 1. The van der Waals surface area contributed by atoms with Crippen LogP contribution in [-0.2, 0) is 20.4 Å². The van der Waals surface area contributed by atoms with Gasteiger partial charge in [0.15, 0.2) is 0 Å². The number of amides is 2. The van der Waals surface area contributed by atoms with E-state index >= 15 is 0 Å². The maximum Gasteiger partial charge on any atom is 0.246 e. The van der Waals surface area contributed by atoms with Crippen LogP contribution in [0.5, 0.6) is 5.75 Å². The number of carbonyl (C=O) groups is 2. The van der Waals surface area contributed by atoms with E-state index < -0.39 is 11.1 Å². The van der Waals surface area contributed by atoms with Crippen LogP contribution in [-0.4, -0.2) is 40.6 Å². The summed E-state index contributed by atoms with van der Waals surface area (Å²) in [5.41, 5.74) is 1.32. The molecule has 212 valence electrons. The standard InChI is InChI=1S/C32H51N3O3/c1-13-14-24-23-18-35(26-16-21(29(4,5)6)15-25(27(26)37)30(7,8)9)19(2)22(23)17-32(24,33-20(3)36)28(38)34-31(10,11)12/h13,15-16,19,22-24,37H,1,14,17-18H2,2-12H3,(H,33,36)(H,34,38)/t19?,22-,23+,24-,32?/m0/s1. The number of fused-ring (bicyclic) bond motifs is 1. The zero-order chi connectivity index (χ0) is 29.0. The second-order valence-corrected chi connectivity index (χ2v) is 14.8. The molecule has 1 aromatic rings. The lowest BCUT2D eigenvalue weighted by Crippen LogP contribution is -2.64. The number of carbonyl (C=O) groups excluding carboxylic acids is 2. The monoisotopic (exact) mass is 525 g/mol.